The van der Waals surface area contributed by atoms with Crippen LogP contribution in [0.1, 0.15) is 82.2 Å². The van der Waals surface area contributed by atoms with Crippen molar-refractivity contribution in [3.05, 3.63) is 131 Å². The normalized spacial score (nSPS) is 14.0. The minimum atomic E-state index is -1.54. The molecule has 0 aliphatic rings. The molecular weight excluding hydrogens is 775 g/mol. The number of rotatable bonds is 20. The van der Waals surface area contributed by atoms with Gasteiger partial charge in [-0.2, -0.15) is 0 Å². The summed E-state index contributed by atoms with van der Waals surface area (Å²) in [6.07, 6.45) is -2.21. The number of aliphatic hydroxyl groups is 1. The summed E-state index contributed by atoms with van der Waals surface area (Å²) in [5, 5.41) is 37.4. The van der Waals surface area contributed by atoms with Crippen LogP contribution in [0.25, 0.3) is 0 Å². The second kappa shape index (κ2) is 22.6. The molecule has 0 saturated heterocycles. The Morgan fingerprint density at radius 3 is 1.87 bits per heavy atom. The van der Waals surface area contributed by atoms with E-state index >= 15 is 0 Å². The van der Waals surface area contributed by atoms with Crippen molar-refractivity contribution in [1.82, 2.24) is 26.6 Å². The second-order valence-electron chi connectivity index (χ2n) is 17.0. The number of carbonyl (C=O) groups is 4. The quantitative estimate of drug-likeness (QED) is 0.0572. The maximum Gasteiger partial charge on any atom is 0.408 e. The molecule has 0 aliphatic heterocycles. The lowest BCUT2D eigenvalue weighted by Crippen LogP contribution is -2.63. The fourth-order valence-corrected chi connectivity index (χ4v) is 6.69. The molecule has 4 amide bonds. The Labute approximate surface area is 360 Å². The van der Waals surface area contributed by atoms with Gasteiger partial charge in [-0.3, -0.25) is 19.7 Å². The Kier molecular flexibility index (Phi) is 17.7. The Morgan fingerprint density at radius 2 is 1.31 bits per heavy atom. The van der Waals surface area contributed by atoms with Gasteiger partial charge in [-0.05, 0) is 58.1 Å². The first-order valence-electron chi connectivity index (χ1n) is 20.7. The molecule has 4 aromatic rings. The summed E-state index contributed by atoms with van der Waals surface area (Å²) in [5.74, 6) is -1.42. The number of phenols is 1. The van der Waals surface area contributed by atoms with Gasteiger partial charge in [0.05, 0.1) is 19.3 Å². The second-order valence-corrected chi connectivity index (χ2v) is 17.0. The number of carbonyl (C=O) groups excluding carboxylic acids is 4. The molecule has 0 heterocycles. The van der Waals surface area contributed by atoms with E-state index in [1.807, 2.05) is 84.9 Å². The van der Waals surface area contributed by atoms with Crippen LogP contribution >= 0.6 is 0 Å². The summed E-state index contributed by atoms with van der Waals surface area (Å²) in [6, 6.07) is 26.5. The zero-order valence-electron chi connectivity index (χ0n) is 36.5. The highest BCUT2D eigenvalue weighted by atomic mass is 16.5. The molecule has 4 rings (SSSR count). The van der Waals surface area contributed by atoms with E-state index in [1.165, 1.54) is 13.2 Å². The number of hydrogen-bond acceptors (Lipinski definition) is 9. The van der Waals surface area contributed by atoms with Crippen LogP contribution in [0.4, 0.5) is 4.79 Å². The Hall–Kier alpha value is -5.92. The average molecular weight is 838 g/mol. The first-order chi connectivity index (χ1) is 29.0. The number of hydrogen-bond donors (Lipinski definition) is 7. The van der Waals surface area contributed by atoms with E-state index < -0.39 is 59.5 Å². The minimum absolute atomic E-state index is 0.00249. The van der Waals surface area contributed by atoms with Crippen LogP contribution in [-0.4, -0.2) is 71.4 Å². The van der Waals surface area contributed by atoms with Gasteiger partial charge < -0.3 is 41.0 Å². The van der Waals surface area contributed by atoms with E-state index in [0.717, 1.165) is 22.3 Å². The standard InChI is InChI=1S/C48H63N5O8/c1-30(2)35-21-19-33(20-22-35)27-49-41(45(57)52-40(31(3)4)44(56)50-28-36-23-24-37(60-8)26-39(36)54)42(55)38(25-32-15-11-9-12-16-32)51-46(58)43(48(5,6)7)53-47(59)61-29-34-17-13-10-14-18-34/h9-24,26,30-31,38,40-43,49,54-55H,25,27-29H2,1-8H3,(H,50,56)(H,51,58)(H,52,57)(H,53,59)/t38-,40-,41+,42+,43+/m0/s1. The Bertz CT molecular complexity index is 2020. The number of aromatic hydroxyl groups is 1. The van der Waals surface area contributed by atoms with Crippen molar-refractivity contribution in [2.45, 2.75) is 111 Å². The number of aliphatic hydroxyl groups excluding tert-OH is 1. The number of amides is 4. The maximum atomic E-state index is 14.5. The van der Waals surface area contributed by atoms with E-state index in [2.05, 4.69) is 40.4 Å². The largest absolute Gasteiger partial charge is 0.507 e. The highest BCUT2D eigenvalue weighted by Crippen LogP contribution is 2.24. The van der Waals surface area contributed by atoms with E-state index in [-0.39, 0.29) is 37.8 Å². The third-order valence-electron chi connectivity index (χ3n) is 10.4. The van der Waals surface area contributed by atoms with Crippen molar-refractivity contribution >= 4 is 23.8 Å². The van der Waals surface area contributed by atoms with Crippen LogP contribution in [0.2, 0.25) is 0 Å². The molecule has 61 heavy (non-hydrogen) atoms. The monoisotopic (exact) mass is 837 g/mol. The minimum Gasteiger partial charge on any atom is -0.507 e. The Balaban J connectivity index is 1.62. The molecule has 0 saturated carbocycles. The highest BCUT2D eigenvalue weighted by molar-refractivity contribution is 5.91. The van der Waals surface area contributed by atoms with Crippen LogP contribution in [0, 0.1) is 11.3 Å². The summed E-state index contributed by atoms with van der Waals surface area (Å²) in [4.78, 5) is 55.5. The number of phenolic OH excluding ortho intramolecular Hbond substituents is 1. The van der Waals surface area contributed by atoms with Crippen molar-refractivity contribution in [2.75, 3.05) is 7.11 Å². The van der Waals surface area contributed by atoms with Gasteiger partial charge in [0.2, 0.25) is 17.7 Å². The lowest BCUT2D eigenvalue weighted by molar-refractivity contribution is -0.134. The molecule has 0 radical (unpaired) electrons. The maximum absolute atomic E-state index is 14.5. The van der Waals surface area contributed by atoms with Crippen molar-refractivity contribution < 1.29 is 38.9 Å². The van der Waals surface area contributed by atoms with Gasteiger partial charge in [0, 0.05) is 24.7 Å². The summed E-state index contributed by atoms with van der Waals surface area (Å²) >= 11 is 0. The van der Waals surface area contributed by atoms with Crippen LogP contribution in [-0.2, 0) is 45.2 Å². The van der Waals surface area contributed by atoms with E-state index in [4.69, 9.17) is 9.47 Å². The van der Waals surface area contributed by atoms with Crippen molar-refractivity contribution in [3.8, 4) is 11.5 Å². The molecule has 0 aromatic heterocycles. The molecule has 13 nitrogen and oxygen atoms in total. The molecule has 0 unspecified atom stereocenters. The summed E-state index contributed by atoms with van der Waals surface area (Å²) in [6.45, 7) is 13.3. The molecule has 5 atom stereocenters. The molecular formula is C48H63N5O8. The van der Waals surface area contributed by atoms with E-state index in [1.54, 1.807) is 46.8 Å². The third-order valence-corrected chi connectivity index (χ3v) is 10.4. The third kappa shape index (κ3) is 14.6. The predicted molar refractivity (Wildman–Crippen MR) is 236 cm³/mol. The molecule has 0 fully saturated rings. The fourth-order valence-electron chi connectivity index (χ4n) is 6.69. The van der Waals surface area contributed by atoms with Crippen molar-refractivity contribution in [2.24, 2.45) is 11.3 Å². The van der Waals surface area contributed by atoms with Crippen molar-refractivity contribution in [1.29, 1.82) is 0 Å². The SMILES string of the molecule is COc1ccc(CNC(=O)[C@@H](NC(=O)[C@H](NCc2ccc(C(C)C)cc2)[C@H](O)[C@H](Cc2ccccc2)NC(=O)[C@@H](NC(=O)OCc2ccccc2)C(C)(C)C)C(C)C)c(O)c1. The van der Waals surface area contributed by atoms with Gasteiger partial charge in [-0.25, -0.2) is 4.79 Å². The highest BCUT2D eigenvalue weighted by Gasteiger charge is 2.39. The number of alkyl carbamates (subject to hydrolysis) is 1. The predicted octanol–water partition coefficient (Wildman–Crippen LogP) is 5.87. The molecule has 13 heteroatoms. The molecule has 7 N–H and O–H groups in total. The molecule has 0 aliphatic carbocycles. The summed E-state index contributed by atoms with van der Waals surface area (Å²) in [5.41, 5.74) is 3.20. The average Bonchev–Trinajstić information content (AvgIpc) is 3.23. The van der Waals surface area contributed by atoms with Crippen LogP contribution in [0.15, 0.2) is 103 Å². The van der Waals surface area contributed by atoms with Gasteiger partial charge in [0.1, 0.15) is 36.2 Å². The van der Waals surface area contributed by atoms with Gasteiger partial charge in [0.15, 0.2) is 0 Å². The first kappa shape index (κ1) is 47.8. The molecule has 328 valence electrons. The summed E-state index contributed by atoms with van der Waals surface area (Å²) in [7, 11) is 1.48. The smallest absolute Gasteiger partial charge is 0.408 e. The lowest BCUT2D eigenvalue weighted by atomic mass is 9.85. The Morgan fingerprint density at radius 1 is 0.689 bits per heavy atom. The first-order valence-corrected chi connectivity index (χ1v) is 20.7. The number of ether oxygens (including phenoxy) is 2. The molecule has 0 spiro atoms. The number of nitrogens with one attached hydrogen (secondary N) is 5. The van der Waals surface area contributed by atoms with E-state index in [9.17, 15) is 29.4 Å². The zero-order chi connectivity index (χ0) is 44.7. The fraction of sp³-hybridized carbons (Fsp3) is 0.417. The van der Waals surface area contributed by atoms with Gasteiger partial charge in [0.25, 0.3) is 0 Å². The van der Waals surface area contributed by atoms with Gasteiger partial charge in [-0.1, -0.05) is 133 Å². The lowest BCUT2D eigenvalue weighted by Gasteiger charge is -2.35. The topological polar surface area (TPSA) is 187 Å². The van der Waals surface area contributed by atoms with Crippen LogP contribution < -0.4 is 31.3 Å². The summed E-state index contributed by atoms with van der Waals surface area (Å²) < 4.78 is 10.6. The molecule has 0 bridgehead atoms. The molecule has 4 aromatic carbocycles. The zero-order valence-corrected chi connectivity index (χ0v) is 36.5. The van der Waals surface area contributed by atoms with Crippen LogP contribution in [0.3, 0.4) is 0 Å². The number of benzene rings is 4. The van der Waals surface area contributed by atoms with Crippen LogP contribution in [0.5, 0.6) is 11.5 Å². The van der Waals surface area contributed by atoms with Crippen molar-refractivity contribution in [3.63, 3.8) is 0 Å². The van der Waals surface area contributed by atoms with Gasteiger partial charge in [-0.15, -0.1) is 0 Å². The number of methoxy groups -OCH3 is 1. The van der Waals surface area contributed by atoms with E-state index in [0.29, 0.717) is 17.2 Å². The van der Waals surface area contributed by atoms with Gasteiger partial charge >= 0.3 is 6.09 Å².